The number of β-amino-alcohol motifs (C(OH)–C–C–N with tert-alkyl or cyclic N) is 1. The van der Waals surface area contributed by atoms with Crippen molar-refractivity contribution in [1.29, 1.82) is 0 Å². The van der Waals surface area contributed by atoms with Crippen LogP contribution >= 0.6 is 34.8 Å². The first-order chi connectivity index (χ1) is 19.6. The van der Waals surface area contributed by atoms with Crippen LogP contribution in [-0.4, -0.2) is 49.2 Å². The minimum absolute atomic E-state index is 0.153. The van der Waals surface area contributed by atoms with Crippen LogP contribution in [0.2, 0.25) is 15.1 Å². The number of pyridine rings is 1. The van der Waals surface area contributed by atoms with Crippen molar-refractivity contribution in [3.8, 4) is 11.4 Å². The van der Waals surface area contributed by atoms with Crippen molar-refractivity contribution < 1.29 is 19.7 Å². The molecule has 0 radical (unpaired) electrons. The molecule has 0 amide bonds. The molecule has 212 valence electrons. The number of anilines is 1. The van der Waals surface area contributed by atoms with Crippen LogP contribution in [-0.2, 0) is 12.2 Å². The number of carbonyl (C=O) groups is 1. The lowest BCUT2D eigenvalue weighted by atomic mass is 9.93. The number of nitrogens with zero attached hydrogens (tertiary/aromatic N) is 5. The molecule has 1 unspecified atom stereocenters. The molecule has 2 aromatic heterocycles. The summed E-state index contributed by atoms with van der Waals surface area (Å²) in [5.41, 5.74) is 2.24. The predicted octanol–water partition coefficient (Wildman–Crippen LogP) is 6.18. The maximum absolute atomic E-state index is 11.6. The highest BCUT2D eigenvalue weighted by Crippen LogP contribution is 2.43. The van der Waals surface area contributed by atoms with Gasteiger partial charge in [0.05, 0.1) is 32.9 Å². The number of aromatic carboxylic acids is 1. The Bertz CT molecular complexity index is 1640. The number of carboxylic acid groups (broad SMARTS) is 1. The fraction of sp³-hybridized carbons (Fsp3) is 0.310. The van der Waals surface area contributed by atoms with E-state index in [1.165, 1.54) is 12.1 Å². The number of hydrogen-bond donors (Lipinski definition) is 2. The second kappa shape index (κ2) is 10.8. The highest BCUT2D eigenvalue weighted by molar-refractivity contribution is 6.37. The topological polar surface area (TPSA) is 114 Å². The molecule has 2 N–H and O–H groups in total. The van der Waals surface area contributed by atoms with Gasteiger partial charge in [-0.15, -0.1) is 5.10 Å². The van der Waals surface area contributed by atoms with Gasteiger partial charge in [-0.3, -0.25) is 0 Å². The molecule has 6 rings (SSSR count). The van der Waals surface area contributed by atoms with E-state index in [0.717, 1.165) is 24.2 Å². The van der Waals surface area contributed by atoms with Crippen molar-refractivity contribution in [2.24, 2.45) is 0 Å². The first-order valence-corrected chi connectivity index (χ1v) is 14.3. The molecule has 1 saturated carbocycles. The van der Waals surface area contributed by atoms with Crippen molar-refractivity contribution in [1.82, 2.24) is 20.0 Å². The normalized spacial score (nSPS) is 18.6. The summed E-state index contributed by atoms with van der Waals surface area (Å²) in [5, 5.41) is 31.0. The van der Waals surface area contributed by atoms with Crippen LogP contribution in [0.3, 0.4) is 0 Å². The Kier molecular flexibility index (Phi) is 7.32. The monoisotopic (exact) mass is 613 g/mol. The summed E-state index contributed by atoms with van der Waals surface area (Å²) >= 11 is 19.6. The van der Waals surface area contributed by atoms with E-state index < -0.39 is 11.6 Å². The van der Waals surface area contributed by atoms with Crippen molar-refractivity contribution in [2.45, 2.75) is 44.3 Å². The van der Waals surface area contributed by atoms with E-state index in [2.05, 4.69) is 15.3 Å². The average molecular weight is 615 g/mol. The lowest BCUT2D eigenvalue weighted by Crippen LogP contribution is -2.31. The molecule has 1 aliphatic carbocycles. The molecule has 0 spiro atoms. The predicted molar refractivity (Wildman–Crippen MR) is 156 cm³/mol. The number of rotatable bonds is 8. The standard InChI is InChI=1S/C29H26Cl3N5O4/c1-16-11-18(28(38)39)12-25(33-16)36-10-9-29(40,15-36)20-8-7-19(13-23(20)32)41-14-24-26(17-5-6-17)34-35-37(24)27-21(30)3-2-4-22(27)31/h2-4,7-8,11-13,17,40H,5-6,9-10,14-15H2,1H3,(H,38,39). The van der Waals surface area contributed by atoms with Gasteiger partial charge in [0.25, 0.3) is 0 Å². The van der Waals surface area contributed by atoms with Gasteiger partial charge < -0.3 is 19.8 Å². The Labute approximate surface area is 251 Å². The second-order valence-corrected chi connectivity index (χ2v) is 11.7. The van der Waals surface area contributed by atoms with Gasteiger partial charge in [0.2, 0.25) is 0 Å². The third kappa shape index (κ3) is 5.47. The minimum atomic E-state index is -1.24. The molecule has 2 fully saturated rings. The first kappa shape index (κ1) is 27.8. The van der Waals surface area contributed by atoms with Gasteiger partial charge in [-0.25, -0.2) is 14.5 Å². The van der Waals surface area contributed by atoms with Crippen LogP contribution in [0.15, 0.2) is 48.5 Å². The zero-order valence-corrected chi connectivity index (χ0v) is 24.3. The number of aryl methyl sites for hydroxylation is 1. The van der Waals surface area contributed by atoms with Crippen LogP contribution in [0.4, 0.5) is 5.82 Å². The third-order valence-corrected chi connectivity index (χ3v) is 8.41. The number of para-hydroxylation sites is 1. The van der Waals surface area contributed by atoms with Crippen LogP contribution in [0.5, 0.6) is 5.75 Å². The molecule has 1 atom stereocenters. The SMILES string of the molecule is Cc1cc(C(=O)O)cc(N2CCC(O)(c3ccc(OCc4c(C5CC5)nnn4-c4c(Cl)cccc4Cl)cc3Cl)C2)n1. The average Bonchev–Trinajstić information content (AvgIpc) is 3.57. The van der Waals surface area contributed by atoms with E-state index in [9.17, 15) is 15.0 Å². The van der Waals surface area contributed by atoms with E-state index in [1.807, 2.05) is 4.90 Å². The number of ether oxygens (including phenoxy) is 1. The molecule has 2 aromatic carbocycles. The van der Waals surface area contributed by atoms with Crippen LogP contribution in [0.1, 0.15) is 58.2 Å². The third-order valence-electron chi connectivity index (χ3n) is 7.48. The summed E-state index contributed by atoms with van der Waals surface area (Å²) in [6.45, 7) is 2.62. The smallest absolute Gasteiger partial charge is 0.335 e. The first-order valence-electron chi connectivity index (χ1n) is 13.1. The Balaban J connectivity index is 1.22. The van der Waals surface area contributed by atoms with Crippen molar-refractivity contribution in [3.05, 3.63) is 91.8 Å². The lowest BCUT2D eigenvalue weighted by Gasteiger charge is -2.26. The van der Waals surface area contributed by atoms with E-state index in [0.29, 0.717) is 62.5 Å². The van der Waals surface area contributed by atoms with Gasteiger partial charge in [0.1, 0.15) is 35.2 Å². The van der Waals surface area contributed by atoms with Gasteiger partial charge in [0, 0.05) is 23.7 Å². The van der Waals surface area contributed by atoms with Crippen LogP contribution < -0.4 is 9.64 Å². The molecule has 12 heteroatoms. The summed E-state index contributed by atoms with van der Waals surface area (Å²) in [6.07, 6.45) is 2.47. The summed E-state index contributed by atoms with van der Waals surface area (Å²) in [4.78, 5) is 17.8. The van der Waals surface area contributed by atoms with Gasteiger partial charge in [-0.2, -0.15) is 0 Å². The Morgan fingerprint density at radius 1 is 1.10 bits per heavy atom. The molecular formula is C29H26Cl3N5O4. The molecule has 0 bridgehead atoms. The highest BCUT2D eigenvalue weighted by atomic mass is 35.5. The summed E-state index contributed by atoms with van der Waals surface area (Å²) in [7, 11) is 0. The molecule has 1 saturated heterocycles. The van der Waals surface area contributed by atoms with Gasteiger partial charge in [-0.1, -0.05) is 52.1 Å². The van der Waals surface area contributed by atoms with Crippen molar-refractivity contribution in [2.75, 3.05) is 18.0 Å². The molecule has 3 heterocycles. The zero-order chi connectivity index (χ0) is 28.9. The number of benzene rings is 2. The second-order valence-electron chi connectivity index (χ2n) is 10.5. The molecule has 4 aromatic rings. The van der Waals surface area contributed by atoms with E-state index in [4.69, 9.17) is 39.5 Å². The number of hydrogen-bond acceptors (Lipinski definition) is 7. The van der Waals surface area contributed by atoms with Crippen LogP contribution in [0, 0.1) is 6.92 Å². The lowest BCUT2D eigenvalue weighted by molar-refractivity contribution is 0.0606. The quantitative estimate of drug-likeness (QED) is 0.242. The fourth-order valence-corrected chi connectivity index (χ4v) is 6.16. The maximum atomic E-state index is 11.6. The van der Waals surface area contributed by atoms with Gasteiger partial charge in [0.15, 0.2) is 0 Å². The largest absolute Gasteiger partial charge is 0.487 e. The Hall–Kier alpha value is -3.37. The van der Waals surface area contributed by atoms with E-state index in [-0.39, 0.29) is 18.7 Å². The molecule has 1 aliphatic heterocycles. The number of aromatic nitrogens is 4. The summed E-state index contributed by atoms with van der Waals surface area (Å²) in [5.74, 6) is 0.319. The van der Waals surface area contributed by atoms with Gasteiger partial charge >= 0.3 is 5.97 Å². The number of carboxylic acids is 1. The molecular weight excluding hydrogens is 589 g/mol. The Morgan fingerprint density at radius 3 is 2.54 bits per heavy atom. The zero-order valence-electron chi connectivity index (χ0n) is 22.0. The minimum Gasteiger partial charge on any atom is -0.487 e. The number of aliphatic hydroxyl groups is 1. The van der Waals surface area contributed by atoms with Crippen molar-refractivity contribution in [3.63, 3.8) is 0 Å². The van der Waals surface area contributed by atoms with E-state index >= 15 is 0 Å². The fourth-order valence-electron chi connectivity index (χ4n) is 5.25. The summed E-state index contributed by atoms with van der Waals surface area (Å²) in [6, 6.07) is 13.5. The highest BCUT2D eigenvalue weighted by Gasteiger charge is 2.40. The molecule has 9 nitrogen and oxygen atoms in total. The van der Waals surface area contributed by atoms with Crippen molar-refractivity contribution >= 4 is 46.6 Å². The molecule has 41 heavy (non-hydrogen) atoms. The summed E-state index contributed by atoms with van der Waals surface area (Å²) < 4.78 is 7.79. The van der Waals surface area contributed by atoms with E-state index in [1.54, 1.807) is 48.0 Å². The maximum Gasteiger partial charge on any atom is 0.335 e. The molecule has 2 aliphatic rings. The van der Waals surface area contributed by atoms with Gasteiger partial charge in [-0.05, 0) is 62.6 Å². The Morgan fingerprint density at radius 2 is 1.85 bits per heavy atom. The number of halogens is 3. The van der Waals surface area contributed by atoms with Crippen LogP contribution in [0.25, 0.3) is 5.69 Å².